The summed E-state index contributed by atoms with van der Waals surface area (Å²) in [6.07, 6.45) is 4.64. The van der Waals surface area contributed by atoms with Crippen LogP contribution in [0.25, 0.3) is 0 Å². The highest BCUT2D eigenvalue weighted by Gasteiger charge is 2.23. The highest BCUT2D eigenvalue weighted by Crippen LogP contribution is 2.40. The lowest BCUT2D eigenvalue weighted by atomic mass is 9.98. The van der Waals surface area contributed by atoms with Crippen LogP contribution >= 0.6 is 0 Å². The Kier molecular flexibility index (Phi) is 3.65. The van der Waals surface area contributed by atoms with Crippen LogP contribution in [0.15, 0.2) is 54.6 Å². The van der Waals surface area contributed by atoms with Gasteiger partial charge in [0.1, 0.15) is 0 Å². The molecule has 1 fully saturated rings. The molecule has 1 unspecified atom stereocenters. The number of rotatable bonds is 5. The first-order valence-corrected chi connectivity index (χ1v) is 7.19. The smallest absolute Gasteiger partial charge is 0.0120 e. The lowest BCUT2D eigenvalue weighted by molar-refractivity contribution is 0.664. The molecule has 2 aromatic carbocycles. The van der Waals surface area contributed by atoms with Crippen molar-refractivity contribution in [1.29, 1.82) is 0 Å². The van der Waals surface area contributed by atoms with Crippen molar-refractivity contribution in [3.63, 3.8) is 0 Å². The fourth-order valence-electron chi connectivity index (χ4n) is 2.68. The van der Waals surface area contributed by atoms with Gasteiger partial charge in [0.05, 0.1) is 0 Å². The molecular weight excluding hydrogens is 230 g/mol. The van der Waals surface area contributed by atoms with E-state index >= 15 is 0 Å². The number of hydrogen-bond acceptors (Lipinski definition) is 1. The van der Waals surface area contributed by atoms with Gasteiger partial charge in [0.25, 0.3) is 0 Å². The van der Waals surface area contributed by atoms with Crippen LogP contribution in [0.4, 0.5) is 0 Å². The Hall–Kier alpha value is -1.60. The predicted molar refractivity (Wildman–Crippen MR) is 80.2 cm³/mol. The van der Waals surface area contributed by atoms with Crippen molar-refractivity contribution in [3.8, 4) is 0 Å². The maximum atomic E-state index is 6.28. The van der Waals surface area contributed by atoms with Gasteiger partial charge in [0.2, 0.25) is 0 Å². The first-order chi connectivity index (χ1) is 9.31. The molecule has 2 N–H and O–H groups in total. The topological polar surface area (TPSA) is 26.0 Å². The van der Waals surface area contributed by atoms with Crippen LogP contribution in [0.2, 0.25) is 0 Å². The lowest BCUT2D eigenvalue weighted by Crippen LogP contribution is -2.25. The van der Waals surface area contributed by atoms with Gasteiger partial charge in [-0.25, -0.2) is 0 Å². The van der Waals surface area contributed by atoms with Gasteiger partial charge < -0.3 is 5.73 Å². The highest BCUT2D eigenvalue weighted by molar-refractivity contribution is 5.30. The minimum atomic E-state index is 0.205. The number of benzene rings is 2. The second-order valence-corrected chi connectivity index (χ2v) is 5.67. The average Bonchev–Trinajstić information content (AvgIpc) is 3.24. The zero-order valence-electron chi connectivity index (χ0n) is 11.3. The van der Waals surface area contributed by atoms with Crippen molar-refractivity contribution in [2.24, 2.45) is 5.73 Å². The summed E-state index contributed by atoms with van der Waals surface area (Å²) in [5.74, 6) is 0.824. The van der Waals surface area contributed by atoms with Gasteiger partial charge in [-0.05, 0) is 48.3 Å². The van der Waals surface area contributed by atoms with E-state index in [4.69, 9.17) is 5.73 Å². The molecule has 1 aliphatic rings. The molecule has 1 saturated carbocycles. The molecule has 19 heavy (non-hydrogen) atoms. The fraction of sp³-hybridized carbons (Fsp3) is 0.333. The van der Waals surface area contributed by atoms with Crippen molar-refractivity contribution in [1.82, 2.24) is 0 Å². The van der Waals surface area contributed by atoms with Gasteiger partial charge >= 0.3 is 0 Å². The minimum absolute atomic E-state index is 0.205. The third-order valence-electron chi connectivity index (χ3n) is 3.84. The SMILES string of the molecule is NC(Cc1ccccc1)Cc1cccc(C2CC2)c1. The van der Waals surface area contributed by atoms with E-state index in [2.05, 4.69) is 48.5 Å². The Morgan fingerprint density at radius 2 is 1.58 bits per heavy atom. The van der Waals surface area contributed by atoms with Crippen molar-refractivity contribution >= 4 is 0 Å². The first-order valence-electron chi connectivity index (χ1n) is 7.19. The molecule has 2 aromatic rings. The molecule has 0 heterocycles. The monoisotopic (exact) mass is 251 g/mol. The van der Waals surface area contributed by atoms with Gasteiger partial charge in [-0.2, -0.15) is 0 Å². The maximum Gasteiger partial charge on any atom is 0.0120 e. The van der Waals surface area contributed by atoms with Crippen molar-refractivity contribution in [3.05, 3.63) is 71.3 Å². The molecule has 0 bridgehead atoms. The van der Waals surface area contributed by atoms with Gasteiger partial charge in [0, 0.05) is 6.04 Å². The molecular formula is C18H21N. The molecule has 0 aromatic heterocycles. The molecule has 3 rings (SSSR count). The summed E-state index contributed by atoms with van der Waals surface area (Å²) >= 11 is 0. The van der Waals surface area contributed by atoms with E-state index in [0.717, 1.165) is 18.8 Å². The van der Waals surface area contributed by atoms with Crippen molar-refractivity contribution in [2.45, 2.75) is 37.6 Å². The van der Waals surface area contributed by atoms with E-state index in [-0.39, 0.29) is 6.04 Å². The van der Waals surface area contributed by atoms with Gasteiger partial charge in [-0.3, -0.25) is 0 Å². The molecule has 1 atom stereocenters. The summed E-state index contributed by atoms with van der Waals surface area (Å²) in [7, 11) is 0. The van der Waals surface area contributed by atoms with E-state index in [0.29, 0.717) is 0 Å². The Morgan fingerprint density at radius 3 is 2.32 bits per heavy atom. The van der Waals surface area contributed by atoms with Crippen LogP contribution in [0.3, 0.4) is 0 Å². The van der Waals surface area contributed by atoms with Crippen molar-refractivity contribution < 1.29 is 0 Å². The molecule has 1 nitrogen and oxygen atoms in total. The van der Waals surface area contributed by atoms with Crippen LogP contribution in [0.5, 0.6) is 0 Å². The van der Waals surface area contributed by atoms with E-state index in [1.54, 1.807) is 0 Å². The fourth-order valence-corrected chi connectivity index (χ4v) is 2.68. The second kappa shape index (κ2) is 5.58. The summed E-state index contributed by atoms with van der Waals surface area (Å²) in [6, 6.07) is 19.7. The Bertz CT molecular complexity index is 528. The molecule has 0 amide bonds. The number of hydrogen-bond donors (Lipinski definition) is 1. The largest absolute Gasteiger partial charge is 0.327 e. The van der Waals surface area contributed by atoms with Crippen LogP contribution in [-0.2, 0) is 12.8 Å². The highest BCUT2D eigenvalue weighted by atomic mass is 14.6. The standard InChI is InChI=1S/C18H21N/c19-18(12-14-5-2-1-3-6-14)13-15-7-4-8-17(11-15)16-9-10-16/h1-8,11,16,18H,9-10,12-13,19H2. The van der Waals surface area contributed by atoms with Gasteiger partial charge in [-0.15, -0.1) is 0 Å². The molecule has 98 valence electrons. The Labute approximate surface area is 115 Å². The summed E-state index contributed by atoms with van der Waals surface area (Å²) in [5, 5.41) is 0. The van der Waals surface area contributed by atoms with E-state index in [9.17, 15) is 0 Å². The predicted octanol–water partition coefficient (Wildman–Crippen LogP) is 3.68. The summed E-state index contributed by atoms with van der Waals surface area (Å²) < 4.78 is 0. The van der Waals surface area contributed by atoms with E-state index < -0.39 is 0 Å². The quantitative estimate of drug-likeness (QED) is 0.862. The molecule has 0 saturated heterocycles. The Balaban J connectivity index is 1.62. The summed E-state index contributed by atoms with van der Waals surface area (Å²) in [6.45, 7) is 0. The minimum Gasteiger partial charge on any atom is -0.327 e. The van der Waals surface area contributed by atoms with Gasteiger partial charge in [0.15, 0.2) is 0 Å². The molecule has 1 heteroatoms. The molecule has 1 aliphatic carbocycles. The van der Waals surface area contributed by atoms with E-state index in [1.807, 2.05) is 6.07 Å². The molecule has 0 spiro atoms. The zero-order chi connectivity index (χ0) is 13.1. The summed E-state index contributed by atoms with van der Waals surface area (Å²) in [5.41, 5.74) is 10.5. The van der Waals surface area contributed by atoms with Gasteiger partial charge in [-0.1, -0.05) is 54.6 Å². The first kappa shape index (κ1) is 12.4. The van der Waals surface area contributed by atoms with E-state index in [1.165, 1.54) is 29.5 Å². The number of nitrogens with two attached hydrogens (primary N) is 1. The van der Waals surface area contributed by atoms with Crippen LogP contribution < -0.4 is 5.73 Å². The molecule has 0 aliphatic heterocycles. The maximum absolute atomic E-state index is 6.28. The summed E-state index contributed by atoms with van der Waals surface area (Å²) in [4.78, 5) is 0. The van der Waals surface area contributed by atoms with Crippen LogP contribution in [-0.4, -0.2) is 6.04 Å². The normalized spacial score (nSPS) is 16.3. The van der Waals surface area contributed by atoms with Crippen LogP contribution in [0.1, 0.15) is 35.4 Å². The third-order valence-corrected chi connectivity index (χ3v) is 3.84. The second-order valence-electron chi connectivity index (χ2n) is 5.67. The average molecular weight is 251 g/mol. The van der Waals surface area contributed by atoms with Crippen molar-refractivity contribution in [2.75, 3.05) is 0 Å². The Morgan fingerprint density at radius 1 is 0.895 bits per heavy atom. The van der Waals surface area contributed by atoms with Crippen LogP contribution in [0, 0.1) is 0 Å². The third kappa shape index (κ3) is 3.45. The molecule has 0 radical (unpaired) electrons. The zero-order valence-corrected chi connectivity index (χ0v) is 11.3. The lowest BCUT2D eigenvalue weighted by Gasteiger charge is -2.12.